The fourth-order valence-corrected chi connectivity index (χ4v) is 4.82. The molecule has 0 amide bonds. The smallest absolute Gasteiger partial charge is 0.308 e. The molecule has 1 aliphatic heterocycles. The van der Waals surface area contributed by atoms with Crippen LogP contribution >= 0.6 is 0 Å². The Morgan fingerprint density at radius 1 is 1.09 bits per heavy atom. The average molecular weight is 469 g/mol. The molecular formula is C24H29FN6O3. The van der Waals surface area contributed by atoms with Gasteiger partial charge in [-0.3, -0.25) is 9.36 Å². The maximum absolute atomic E-state index is 13.4. The number of esters is 1. The van der Waals surface area contributed by atoms with Gasteiger partial charge in [0.25, 0.3) is 0 Å². The van der Waals surface area contributed by atoms with E-state index in [0.29, 0.717) is 17.4 Å². The second kappa shape index (κ2) is 9.92. The van der Waals surface area contributed by atoms with Gasteiger partial charge in [-0.05, 0) is 62.8 Å². The summed E-state index contributed by atoms with van der Waals surface area (Å²) in [6.07, 6.45) is 6.64. The number of imidazole rings is 1. The lowest BCUT2D eigenvalue weighted by Gasteiger charge is -2.29. The molecule has 1 aromatic carbocycles. The van der Waals surface area contributed by atoms with E-state index in [9.17, 15) is 9.18 Å². The molecule has 0 spiro atoms. The summed E-state index contributed by atoms with van der Waals surface area (Å²) in [5.74, 6) is 0.668. The number of hydrogen-bond donors (Lipinski definition) is 2. The van der Waals surface area contributed by atoms with Gasteiger partial charge in [-0.2, -0.15) is 4.98 Å². The van der Waals surface area contributed by atoms with Gasteiger partial charge in [-0.25, -0.2) is 14.4 Å². The summed E-state index contributed by atoms with van der Waals surface area (Å²) in [5, 5.41) is 6.75. The van der Waals surface area contributed by atoms with E-state index in [2.05, 4.69) is 20.2 Å². The molecule has 1 saturated heterocycles. The number of aromatic nitrogens is 4. The number of carbonyl (C=O) groups excluding carboxylic acids is 1. The minimum atomic E-state index is -0.296. The zero-order chi connectivity index (χ0) is 23.5. The normalized spacial score (nSPS) is 21.4. The van der Waals surface area contributed by atoms with Crippen LogP contribution in [0.25, 0.3) is 11.2 Å². The van der Waals surface area contributed by atoms with Crippen molar-refractivity contribution in [3.8, 4) is 0 Å². The number of hydrogen-bond acceptors (Lipinski definition) is 8. The van der Waals surface area contributed by atoms with Crippen LogP contribution in [0.15, 0.2) is 30.5 Å². The largest absolute Gasteiger partial charge is 0.469 e. The average Bonchev–Trinajstić information content (AvgIpc) is 3.22. The number of nitrogens with zero attached hydrogens (tertiary/aromatic N) is 4. The first-order valence-corrected chi connectivity index (χ1v) is 11.8. The number of nitrogens with one attached hydrogen (secondary N) is 2. The molecule has 1 aliphatic carbocycles. The van der Waals surface area contributed by atoms with Crippen molar-refractivity contribution in [3.05, 3.63) is 36.3 Å². The Kier molecular flexibility index (Phi) is 6.57. The van der Waals surface area contributed by atoms with Gasteiger partial charge in [0.2, 0.25) is 11.9 Å². The SMILES string of the molecule is COC(=O)[C@H]1CC[C@H](n2c(Nc3ccc(F)cc3)nc3cnc(NC4CCOCC4)nc32)CC1. The first kappa shape index (κ1) is 22.5. The van der Waals surface area contributed by atoms with Crippen LogP contribution < -0.4 is 10.6 Å². The lowest BCUT2D eigenvalue weighted by molar-refractivity contribution is -0.146. The Morgan fingerprint density at radius 3 is 2.53 bits per heavy atom. The molecule has 2 fully saturated rings. The molecule has 3 heterocycles. The molecule has 2 aromatic heterocycles. The van der Waals surface area contributed by atoms with Crippen LogP contribution in [0, 0.1) is 11.7 Å². The van der Waals surface area contributed by atoms with E-state index >= 15 is 0 Å². The Bertz CT molecular complexity index is 1140. The quantitative estimate of drug-likeness (QED) is 0.519. The Morgan fingerprint density at radius 2 is 1.82 bits per heavy atom. The highest BCUT2D eigenvalue weighted by Gasteiger charge is 2.30. The van der Waals surface area contributed by atoms with Gasteiger partial charge in [0.05, 0.1) is 19.2 Å². The number of ether oxygens (including phenoxy) is 2. The molecule has 5 rings (SSSR count). The Balaban J connectivity index is 1.46. The summed E-state index contributed by atoms with van der Waals surface area (Å²) in [6, 6.07) is 6.56. The van der Waals surface area contributed by atoms with Crippen molar-refractivity contribution in [2.75, 3.05) is 31.0 Å². The third-order valence-corrected chi connectivity index (χ3v) is 6.68. The summed E-state index contributed by atoms with van der Waals surface area (Å²) in [6.45, 7) is 1.46. The molecule has 180 valence electrons. The van der Waals surface area contributed by atoms with Crippen LogP contribution in [0.4, 0.5) is 22.0 Å². The van der Waals surface area contributed by atoms with Crippen LogP contribution in [0.5, 0.6) is 0 Å². The van der Waals surface area contributed by atoms with E-state index < -0.39 is 0 Å². The Labute approximate surface area is 197 Å². The Hall–Kier alpha value is -3.27. The van der Waals surface area contributed by atoms with Crippen molar-refractivity contribution in [2.45, 2.75) is 50.6 Å². The molecule has 0 bridgehead atoms. The van der Waals surface area contributed by atoms with Gasteiger partial charge in [0, 0.05) is 31.0 Å². The van der Waals surface area contributed by atoms with E-state index in [-0.39, 0.29) is 29.8 Å². The highest BCUT2D eigenvalue weighted by atomic mass is 19.1. The molecule has 10 heteroatoms. The van der Waals surface area contributed by atoms with Crippen molar-refractivity contribution in [1.29, 1.82) is 0 Å². The summed E-state index contributed by atoms with van der Waals surface area (Å²) >= 11 is 0. The molecule has 0 radical (unpaired) electrons. The van der Waals surface area contributed by atoms with E-state index in [0.717, 1.165) is 63.1 Å². The van der Waals surface area contributed by atoms with E-state index in [1.165, 1.54) is 19.2 Å². The number of methoxy groups -OCH3 is 1. The highest BCUT2D eigenvalue weighted by Crippen LogP contribution is 2.37. The highest BCUT2D eigenvalue weighted by molar-refractivity contribution is 5.77. The van der Waals surface area contributed by atoms with Crippen molar-refractivity contribution < 1.29 is 18.7 Å². The van der Waals surface area contributed by atoms with Crippen molar-refractivity contribution >= 4 is 34.7 Å². The number of halogens is 1. The standard InChI is InChI=1S/C24H29FN6O3/c1-33-22(32)15-2-8-19(9-3-15)31-21-20(29-24(31)28-17-6-4-16(25)5-7-17)14-26-23(30-21)27-18-10-12-34-13-11-18/h4-7,14-15,18-19H,2-3,8-13H2,1H3,(H,28,29)(H,26,27,30)/t15-,19-. The lowest BCUT2D eigenvalue weighted by Crippen LogP contribution is -2.28. The number of fused-ring (bicyclic) bond motifs is 1. The van der Waals surface area contributed by atoms with Gasteiger partial charge in [0.1, 0.15) is 11.3 Å². The van der Waals surface area contributed by atoms with E-state index in [4.69, 9.17) is 19.4 Å². The molecule has 9 nitrogen and oxygen atoms in total. The molecule has 2 N–H and O–H groups in total. The van der Waals surface area contributed by atoms with Gasteiger partial charge >= 0.3 is 5.97 Å². The maximum Gasteiger partial charge on any atom is 0.308 e. The molecular weight excluding hydrogens is 439 g/mol. The topological polar surface area (TPSA) is 103 Å². The molecule has 34 heavy (non-hydrogen) atoms. The molecule has 0 unspecified atom stereocenters. The summed E-state index contributed by atoms with van der Waals surface area (Å²) in [7, 11) is 1.44. The zero-order valence-electron chi connectivity index (χ0n) is 19.2. The van der Waals surface area contributed by atoms with E-state index in [1.54, 1.807) is 18.3 Å². The fraction of sp³-hybridized carbons (Fsp3) is 0.500. The molecule has 2 aliphatic rings. The first-order valence-electron chi connectivity index (χ1n) is 11.8. The zero-order valence-corrected chi connectivity index (χ0v) is 19.2. The second-order valence-corrected chi connectivity index (χ2v) is 8.90. The van der Waals surface area contributed by atoms with Gasteiger partial charge in [-0.1, -0.05) is 0 Å². The first-order chi connectivity index (χ1) is 16.6. The predicted molar refractivity (Wildman–Crippen MR) is 125 cm³/mol. The van der Waals surface area contributed by atoms with Gasteiger partial charge in [-0.15, -0.1) is 0 Å². The molecule has 0 atom stereocenters. The van der Waals surface area contributed by atoms with Crippen molar-refractivity contribution in [2.24, 2.45) is 5.92 Å². The maximum atomic E-state index is 13.4. The van der Waals surface area contributed by atoms with Crippen LogP contribution in [0.3, 0.4) is 0 Å². The minimum Gasteiger partial charge on any atom is -0.469 e. The van der Waals surface area contributed by atoms with Crippen LogP contribution in [-0.4, -0.2) is 51.9 Å². The van der Waals surface area contributed by atoms with Crippen LogP contribution in [0.2, 0.25) is 0 Å². The third kappa shape index (κ3) is 4.82. The van der Waals surface area contributed by atoms with Gasteiger partial charge < -0.3 is 20.1 Å². The summed E-state index contributed by atoms with van der Waals surface area (Å²) < 4.78 is 25.9. The number of benzene rings is 1. The van der Waals surface area contributed by atoms with E-state index in [1.807, 2.05) is 0 Å². The third-order valence-electron chi connectivity index (χ3n) is 6.68. The number of rotatable bonds is 6. The van der Waals surface area contributed by atoms with Crippen molar-refractivity contribution in [1.82, 2.24) is 19.5 Å². The molecule has 3 aromatic rings. The predicted octanol–water partition coefficient (Wildman–Crippen LogP) is 4.20. The van der Waals surface area contributed by atoms with Gasteiger partial charge in [0.15, 0.2) is 5.65 Å². The number of carbonyl (C=O) groups is 1. The monoisotopic (exact) mass is 468 g/mol. The lowest BCUT2D eigenvalue weighted by atomic mass is 9.86. The number of anilines is 3. The second-order valence-electron chi connectivity index (χ2n) is 8.90. The van der Waals surface area contributed by atoms with Crippen LogP contribution in [0.1, 0.15) is 44.6 Å². The van der Waals surface area contributed by atoms with Crippen molar-refractivity contribution in [3.63, 3.8) is 0 Å². The van der Waals surface area contributed by atoms with Crippen LogP contribution in [-0.2, 0) is 14.3 Å². The summed E-state index contributed by atoms with van der Waals surface area (Å²) in [4.78, 5) is 26.1. The fourth-order valence-electron chi connectivity index (χ4n) is 4.82. The minimum absolute atomic E-state index is 0.0788. The molecule has 1 saturated carbocycles. The summed E-state index contributed by atoms with van der Waals surface area (Å²) in [5.41, 5.74) is 2.14.